The molecule has 1 aromatic carbocycles. The van der Waals surface area contributed by atoms with Crippen LogP contribution in [0.4, 0.5) is 0 Å². The van der Waals surface area contributed by atoms with Crippen LogP contribution in [0.1, 0.15) is 60.9 Å². The first kappa shape index (κ1) is 17.9. The highest BCUT2D eigenvalue weighted by molar-refractivity contribution is 5.92. The minimum absolute atomic E-state index is 0.0787. The Morgan fingerprint density at radius 2 is 1.92 bits per heavy atom. The van der Waals surface area contributed by atoms with Crippen LogP contribution in [0, 0.1) is 5.92 Å². The van der Waals surface area contributed by atoms with Gasteiger partial charge in [0, 0.05) is 24.7 Å². The lowest BCUT2D eigenvalue weighted by Crippen LogP contribution is -2.46. The maximum Gasteiger partial charge on any atom is 0.248 e. The molecule has 2 fully saturated rings. The largest absolute Gasteiger partial charge is 0.366 e. The summed E-state index contributed by atoms with van der Waals surface area (Å²) in [7, 11) is 0. The van der Waals surface area contributed by atoms with Crippen molar-refractivity contribution >= 4 is 11.8 Å². The summed E-state index contributed by atoms with van der Waals surface area (Å²) in [5, 5.41) is 3.27. The van der Waals surface area contributed by atoms with Gasteiger partial charge in [-0.05, 0) is 49.9 Å². The number of nitrogens with zero attached hydrogens (tertiary/aromatic N) is 1. The molecule has 1 aliphatic carbocycles. The number of hydrogen-bond donors (Lipinski definition) is 2. The van der Waals surface area contributed by atoms with Crippen molar-refractivity contribution in [1.82, 2.24) is 10.2 Å². The van der Waals surface area contributed by atoms with E-state index >= 15 is 0 Å². The van der Waals surface area contributed by atoms with E-state index in [1.54, 1.807) is 6.07 Å². The molecule has 3 N–H and O–H groups in total. The number of piperidine rings is 1. The van der Waals surface area contributed by atoms with Crippen molar-refractivity contribution in [3.05, 3.63) is 35.4 Å². The fourth-order valence-electron chi connectivity index (χ4n) is 4.06. The van der Waals surface area contributed by atoms with Crippen LogP contribution in [0.5, 0.6) is 0 Å². The molecule has 1 aliphatic heterocycles. The van der Waals surface area contributed by atoms with E-state index in [1.165, 1.54) is 19.3 Å². The highest BCUT2D eigenvalue weighted by Gasteiger charge is 2.27. The molecule has 2 amide bonds. The summed E-state index contributed by atoms with van der Waals surface area (Å²) in [6, 6.07) is 7.85. The van der Waals surface area contributed by atoms with Crippen LogP contribution >= 0.6 is 0 Å². The van der Waals surface area contributed by atoms with Gasteiger partial charge in [-0.25, -0.2) is 0 Å². The number of rotatable bonds is 5. The van der Waals surface area contributed by atoms with Gasteiger partial charge in [0.15, 0.2) is 0 Å². The molecule has 5 heteroatoms. The minimum atomic E-state index is -0.398. The first-order chi connectivity index (χ1) is 12.1. The van der Waals surface area contributed by atoms with Crippen molar-refractivity contribution in [2.45, 2.75) is 57.5 Å². The third-order valence-electron chi connectivity index (χ3n) is 5.45. The van der Waals surface area contributed by atoms with E-state index in [0.717, 1.165) is 50.9 Å². The number of hydrogen-bond acceptors (Lipinski definition) is 3. The molecular formula is C20H29N3O2. The van der Waals surface area contributed by atoms with Crippen molar-refractivity contribution in [2.24, 2.45) is 11.7 Å². The molecule has 0 spiro atoms. The molecule has 0 radical (unpaired) electrons. The average molecular weight is 343 g/mol. The third-order valence-corrected chi connectivity index (χ3v) is 5.45. The second-order valence-corrected chi connectivity index (χ2v) is 7.48. The van der Waals surface area contributed by atoms with Crippen molar-refractivity contribution in [2.75, 3.05) is 13.1 Å². The van der Waals surface area contributed by atoms with Crippen LogP contribution < -0.4 is 11.1 Å². The predicted molar refractivity (Wildman–Crippen MR) is 98.0 cm³/mol. The van der Waals surface area contributed by atoms with Gasteiger partial charge >= 0.3 is 0 Å². The molecule has 1 aromatic rings. The van der Waals surface area contributed by atoms with Gasteiger partial charge < -0.3 is 11.1 Å². The van der Waals surface area contributed by atoms with Crippen LogP contribution in [0.25, 0.3) is 0 Å². The number of carbonyl (C=O) groups excluding carboxylic acids is 2. The van der Waals surface area contributed by atoms with Crippen LogP contribution in [0.15, 0.2) is 24.3 Å². The first-order valence-electron chi connectivity index (χ1n) is 9.53. The molecular weight excluding hydrogens is 314 g/mol. The lowest BCUT2D eigenvalue weighted by molar-refractivity contribution is -0.127. The second kappa shape index (κ2) is 8.48. The van der Waals surface area contributed by atoms with E-state index in [4.69, 9.17) is 5.73 Å². The summed E-state index contributed by atoms with van der Waals surface area (Å²) in [5.74, 6) is -0.0947. The van der Waals surface area contributed by atoms with Gasteiger partial charge in [0.2, 0.25) is 11.8 Å². The Morgan fingerprint density at radius 1 is 1.12 bits per heavy atom. The zero-order chi connectivity index (χ0) is 17.6. The molecule has 1 heterocycles. The molecule has 5 nitrogen and oxygen atoms in total. The maximum absolute atomic E-state index is 12.6. The van der Waals surface area contributed by atoms with Gasteiger partial charge in [-0.2, -0.15) is 0 Å². The van der Waals surface area contributed by atoms with Gasteiger partial charge in [0.25, 0.3) is 0 Å². The van der Waals surface area contributed by atoms with E-state index < -0.39 is 5.91 Å². The third kappa shape index (κ3) is 5.05. The molecule has 3 rings (SSSR count). The Hall–Kier alpha value is -1.88. The Kier molecular flexibility index (Phi) is 6.08. The van der Waals surface area contributed by atoms with Gasteiger partial charge in [-0.3, -0.25) is 14.5 Å². The summed E-state index contributed by atoms with van der Waals surface area (Å²) in [5.41, 5.74) is 6.98. The van der Waals surface area contributed by atoms with Crippen molar-refractivity contribution in [3.63, 3.8) is 0 Å². The molecule has 0 aromatic heterocycles. The summed E-state index contributed by atoms with van der Waals surface area (Å²) in [6.45, 7) is 2.54. The first-order valence-corrected chi connectivity index (χ1v) is 9.53. The molecule has 25 heavy (non-hydrogen) atoms. The second-order valence-electron chi connectivity index (χ2n) is 7.48. The highest BCUT2D eigenvalue weighted by Crippen LogP contribution is 2.22. The number of primary amides is 1. The molecule has 0 bridgehead atoms. The van der Waals surface area contributed by atoms with Crippen LogP contribution in [0.2, 0.25) is 0 Å². The van der Waals surface area contributed by atoms with Crippen molar-refractivity contribution in [3.8, 4) is 0 Å². The number of nitrogens with two attached hydrogens (primary N) is 1. The van der Waals surface area contributed by atoms with Gasteiger partial charge in [0.1, 0.15) is 0 Å². The van der Waals surface area contributed by atoms with Gasteiger partial charge in [-0.15, -0.1) is 0 Å². The Balaban J connectivity index is 1.54. The summed E-state index contributed by atoms with van der Waals surface area (Å²) >= 11 is 0. The minimum Gasteiger partial charge on any atom is -0.366 e. The number of benzene rings is 1. The quantitative estimate of drug-likeness (QED) is 0.862. The lowest BCUT2D eigenvalue weighted by atomic mass is 9.93. The highest BCUT2D eigenvalue weighted by atomic mass is 16.2. The fraction of sp³-hybridized carbons (Fsp3) is 0.600. The standard InChI is InChI=1S/C20H29N3O2/c21-19(24)16-7-4-6-15(12-16)13-23-11-5-8-17(14-23)20(25)22-18-9-2-1-3-10-18/h4,6-7,12,17-18H,1-3,5,8-11,13-14H2,(H2,21,24)(H,22,25)/t17-/m1/s1. The van der Waals surface area contributed by atoms with E-state index in [-0.39, 0.29) is 11.8 Å². The summed E-state index contributed by atoms with van der Waals surface area (Å²) in [4.78, 5) is 26.3. The molecule has 136 valence electrons. The zero-order valence-electron chi connectivity index (χ0n) is 14.9. The number of carbonyl (C=O) groups is 2. The SMILES string of the molecule is NC(=O)c1cccc(CN2CCC[C@@H](C(=O)NC3CCCCC3)C2)c1. The predicted octanol–water partition coefficient (Wildman–Crippen LogP) is 2.45. The van der Waals surface area contributed by atoms with E-state index in [0.29, 0.717) is 11.6 Å². The Morgan fingerprint density at radius 3 is 2.68 bits per heavy atom. The van der Waals surface area contributed by atoms with E-state index in [9.17, 15) is 9.59 Å². The number of nitrogens with one attached hydrogen (secondary N) is 1. The summed E-state index contributed by atoms with van der Waals surface area (Å²) in [6.07, 6.45) is 8.03. The summed E-state index contributed by atoms with van der Waals surface area (Å²) < 4.78 is 0. The number of likely N-dealkylation sites (tertiary alicyclic amines) is 1. The maximum atomic E-state index is 12.6. The van der Waals surface area contributed by atoms with E-state index in [1.807, 2.05) is 18.2 Å². The monoisotopic (exact) mass is 343 g/mol. The fourth-order valence-corrected chi connectivity index (χ4v) is 4.06. The smallest absolute Gasteiger partial charge is 0.248 e. The van der Waals surface area contributed by atoms with Gasteiger partial charge in [0.05, 0.1) is 5.92 Å². The van der Waals surface area contributed by atoms with Crippen LogP contribution in [-0.2, 0) is 11.3 Å². The Bertz CT molecular complexity index is 611. The van der Waals surface area contributed by atoms with Crippen molar-refractivity contribution in [1.29, 1.82) is 0 Å². The molecule has 0 unspecified atom stereocenters. The van der Waals surface area contributed by atoms with Crippen LogP contribution in [0.3, 0.4) is 0 Å². The topological polar surface area (TPSA) is 75.4 Å². The lowest BCUT2D eigenvalue weighted by Gasteiger charge is -2.33. The average Bonchev–Trinajstić information content (AvgIpc) is 2.63. The normalized spacial score (nSPS) is 22.5. The van der Waals surface area contributed by atoms with Crippen molar-refractivity contribution < 1.29 is 9.59 Å². The van der Waals surface area contributed by atoms with Crippen LogP contribution in [-0.4, -0.2) is 35.8 Å². The molecule has 1 atom stereocenters. The molecule has 2 aliphatic rings. The zero-order valence-corrected chi connectivity index (χ0v) is 14.9. The number of amides is 2. The molecule has 1 saturated carbocycles. The van der Waals surface area contributed by atoms with E-state index in [2.05, 4.69) is 10.2 Å². The van der Waals surface area contributed by atoms with Gasteiger partial charge in [-0.1, -0.05) is 31.4 Å². The molecule has 1 saturated heterocycles. The Labute approximate surface area is 150 Å².